The summed E-state index contributed by atoms with van der Waals surface area (Å²) in [5.41, 5.74) is 4.99. The summed E-state index contributed by atoms with van der Waals surface area (Å²) in [4.78, 5) is 7.08. The Hall–Kier alpha value is -2.46. The van der Waals surface area contributed by atoms with Gasteiger partial charge in [-0.25, -0.2) is 0 Å². The van der Waals surface area contributed by atoms with Crippen molar-refractivity contribution in [3.8, 4) is 5.75 Å². The number of ether oxygens (including phenoxy) is 1. The van der Waals surface area contributed by atoms with Gasteiger partial charge in [0.2, 0.25) is 0 Å². The molecule has 2 aromatic carbocycles. The van der Waals surface area contributed by atoms with E-state index in [4.69, 9.17) is 4.74 Å². The zero-order valence-corrected chi connectivity index (χ0v) is 15.0. The number of para-hydroxylation sites is 1. The predicted molar refractivity (Wildman–Crippen MR) is 104 cm³/mol. The third kappa shape index (κ3) is 3.10. The molecule has 4 heteroatoms. The zero-order valence-electron chi connectivity index (χ0n) is 15.0. The van der Waals surface area contributed by atoms with E-state index in [0.717, 1.165) is 38.3 Å². The molecular weight excluding hydrogens is 310 g/mol. The number of likely N-dealkylation sites (N-methyl/N-ethyl adjacent to an activating group) is 1. The largest absolute Gasteiger partial charge is 0.495 e. The summed E-state index contributed by atoms with van der Waals surface area (Å²) in [5.74, 6) is 0.947. The number of methoxy groups -OCH3 is 1. The first-order chi connectivity index (χ1) is 12.3. The van der Waals surface area contributed by atoms with Crippen molar-refractivity contribution in [2.45, 2.75) is 6.42 Å². The molecule has 25 heavy (non-hydrogen) atoms. The number of fused-ring (bicyclic) bond motifs is 1. The van der Waals surface area contributed by atoms with E-state index >= 15 is 0 Å². The number of hydrogen-bond donors (Lipinski definition) is 0. The lowest BCUT2D eigenvalue weighted by atomic mass is 10.0. The fraction of sp³-hybridized carbons (Fsp3) is 0.333. The summed E-state index contributed by atoms with van der Waals surface area (Å²) in [5, 5.41) is 0. The molecule has 2 heterocycles. The summed E-state index contributed by atoms with van der Waals surface area (Å²) in [6.07, 6.45) is 5.40. The minimum atomic E-state index is 0.947. The molecule has 1 fully saturated rings. The molecule has 0 bridgehead atoms. The third-order valence-electron chi connectivity index (χ3n) is 5.13. The second-order valence-electron chi connectivity index (χ2n) is 6.73. The Labute approximate surface area is 149 Å². The molecule has 0 aliphatic carbocycles. The normalized spacial score (nSPS) is 17.5. The van der Waals surface area contributed by atoms with Crippen molar-refractivity contribution in [3.63, 3.8) is 0 Å². The second kappa shape index (κ2) is 6.81. The molecule has 0 radical (unpaired) electrons. The first-order valence-corrected chi connectivity index (χ1v) is 8.91. The van der Waals surface area contributed by atoms with E-state index < -0.39 is 0 Å². The van der Waals surface area contributed by atoms with Gasteiger partial charge in [-0.2, -0.15) is 0 Å². The van der Waals surface area contributed by atoms with Crippen molar-refractivity contribution in [1.29, 1.82) is 0 Å². The van der Waals surface area contributed by atoms with Gasteiger partial charge in [-0.05, 0) is 43.3 Å². The maximum Gasteiger partial charge on any atom is 0.142 e. The molecule has 0 saturated carbocycles. The molecule has 0 atom stereocenters. The van der Waals surface area contributed by atoms with Crippen LogP contribution < -0.4 is 14.5 Å². The fourth-order valence-electron chi connectivity index (χ4n) is 3.63. The maximum absolute atomic E-state index is 5.65. The van der Waals surface area contributed by atoms with Gasteiger partial charge in [0.25, 0.3) is 0 Å². The van der Waals surface area contributed by atoms with Crippen molar-refractivity contribution in [3.05, 3.63) is 60.3 Å². The molecule has 0 spiro atoms. The minimum absolute atomic E-state index is 0.947. The van der Waals surface area contributed by atoms with Gasteiger partial charge in [0.1, 0.15) is 5.75 Å². The number of anilines is 3. The third-order valence-corrected chi connectivity index (χ3v) is 5.13. The minimum Gasteiger partial charge on any atom is -0.495 e. The number of rotatable bonds is 3. The first-order valence-electron chi connectivity index (χ1n) is 8.91. The van der Waals surface area contributed by atoms with Gasteiger partial charge >= 0.3 is 0 Å². The van der Waals surface area contributed by atoms with E-state index in [9.17, 15) is 0 Å². The van der Waals surface area contributed by atoms with Crippen LogP contribution in [0.4, 0.5) is 17.1 Å². The van der Waals surface area contributed by atoms with Crippen LogP contribution >= 0.6 is 0 Å². The molecule has 0 unspecified atom stereocenters. The van der Waals surface area contributed by atoms with Gasteiger partial charge in [0, 0.05) is 43.8 Å². The summed E-state index contributed by atoms with van der Waals surface area (Å²) in [7, 11) is 3.94. The van der Waals surface area contributed by atoms with Gasteiger partial charge < -0.3 is 19.4 Å². The van der Waals surface area contributed by atoms with Crippen molar-refractivity contribution < 1.29 is 4.74 Å². The van der Waals surface area contributed by atoms with Crippen LogP contribution in [0, 0.1) is 0 Å². The molecule has 4 nitrogen and oxygen atoms in total. The Balaban J connectivity index is 1.70. The highest BCUT2D eigenvalue weighted by Gasteiger charge is 2.20. The van der Waals surface area contributed by atoms with E-state index in [1.54, 1.807) is 7.11 Å². The van der Waals surface area contributed by atoms with Crippen molar-refractivity contribution in [2.75, 3.05) is 50.1 Å². The molecular formula is C21H25N3O. The molecule has 0 aromatic heterocycles. The number of benzene rings is 2. The highest BCUT2D eigenvalue weighted by atomic mass is 16.5. The van der Waals surface area contributed by atoms with E-state index in [1.807, 2.05) is 0 Å². The highest BCUT2D eigenvalue weighted by Crippen LogP contribution is 2.38. The summed E-state index contributed by atoms with van der Waals surface area (Å²) in [6.45, 7) is 4.23. The number of hydrogen-bond acceptors (Lipinski definition) is 4. The summed E-state index contributed by atoms with van der Waals surface area (Å²) < 4.78 is 5.65. The monoisotopic (exact) mass is 335 g/mol. The van der Waals surface area contributed by atoms with Crippen molar-refractivity contribution in [2.24, 2.45) is 0 Å². The second-order valence-corrected chi connectivity index (χ2v) is 6.73. The smallest absolute Gasteiger partial charge is 0.142 e. The van der Waals surface area contributed by atoms with Crippen LogP contribution in [0.2, 0.25) is 0 Å². The first kappa shape index (κ1) is 16.0. The highest BCUT2D eigenvalue weighted by molar-refractivity contribution is 5.76. The lowest BCUT2D eigenvalue weighted by molar-refractivity contribution is 0.311. The Morgan fingerprint density at radius 3 is 2.52 bits per heavy atom. The van der Waals surface area contributed by atoms with Crippen LogP contribution in [0.15, 0.2) is 54.7 Å². The SMILES string of the molecule is COc1ccc(N2C=CCc3ccccc32)cc1N1CCN(C)CC1. The van der Waals surface area contributed by atoms with Crippen LogP contribution in [0.25, 0.3) is 0 Å². The van der Waals surface area contributed by atoms with Crippen LogP contribution in [0.1, 0.15) is 5.56 Å². The lowest BCUT2D eigenvalue weighted by Crippen LogP contribution is -2.44. The lowest BCUT2D eigenvalue weighted by Gasteiger charge is -2.35. The fourth-order valence-corrected chi connectivity index (χ4v) is 3.63. The Bertz CT molecular complexity index is 778. The Morgan fingerprint density at radius 1 is 0.920 bits per heavy atom. The number of allylic oxidation sites excluding steroid dienone is 1. The van der Waals surface area contributed by atoms with Crippen LogP contribution in [-0.2, 0) is 6.42 Å². The molecule has 2 aliphatic rings. The molecule has 4 rings (SSSR count). The van der Waals surface area contributed by atoms with E-state index in [2.05, 4.69) is 76.5 Å². The van der Waals surface area contributed by atoms with Gasteiger partial charge in [0.15, 0.2) is 0 Å². The van der Waals surface area contributed by atoms with Gasteiger partial charge in [-0.3, -0.25) is 0 Å². The van der Waals surface area contributed by atoms with Crippen molar-refractivity contribution in [1.82, 2.24) is 4.90 Å². The van der Waals surface area contributed by atoms with E-state index in [1.165, 1.54) is 22.6 Å². The number of nitrogens with zero attached hydrogens (tertiary/aromatic N) is 3. The van der Waals surface area contributed by atoms with Crippen LogP contribution in [-0.4, -0.2) is 45.2 Å². The van der Waals surface area contributed by atoms with Crippen LogP contribution in [0.3, 0.4) is 0 Å². The Morgan fingerprint density at radius 2 is 1.72 bits per heavy atom. The van der Waals surface area contributed by atoms with E-state index in [-0.39, 0.29) is 0 Å². The average molecular weight is 335 g/mol. The van der Waals surface area contributed by atoms with Crippen molar-refractivity contribution >= 4 is 17.1 Å². The maximum atomic E-state index is 5.65. The molecule has 0 N–H and O–H groups in total. The predicted octanol–water partition coefficient (Wildman–Crippen LogP) is 3.65. The zero-order chi connectivity index (χ0) is 17.2. The van der Waals surface area contributed by atoms with Gasteiger partial charge in [-0.1, -0.05) is 24.3 Å². The molecule has 2 aliphatic heterocycles. The average Bonchev–Trinajstić information content (AvgIpc) is 2.68. The number of piperazine rings is 1. The van der Waals surface area contributed by atoms with Crippen LogP contribution in [0.5, 0.6) is 5.75 Å². The topological polar surface area (TPSA) is 19.0 Å². The molecule has 0 amide bonds. The summed E-state index contributed by atoms with van der Waals surface area (Å²) in [6, 6.07) is 15.1. The molecule has 2 aromatic rings. The molecule has 130 valence electrons. The summed E-state index contributed by atoms with van der Waals surface area (Å²) >= 11 is 0. The van der Waals surface area contributed by atoms with E-state index in [0.29, 0.717) is 0 Å². The van der Waals surface area contributed by atoms with Gasteiger partial charge in [-0.15, -0.1) is 0 Å². The Kier molecular flexibility index (Phi) is 4.36. The quantitative estimate of drug-likeness (QED) is 0.852. The van der Waals surface area contributed by atoms with Gasteiger partial charge in [0.05, 0.1) is 12.8 Å². The standard InChI is InChI=1S/C21H25N3O/c1-22-12-14-23(15-13-22)20-16-18(9-10-21(20)25-2)24-11-5-7-17-6-3-4-8-19(17)24/h3-6,8-11,16H,7,12-15H2,1-2H3. The molecule has 1 saturated heterocycles.